The number of aliphatic hydroxyl groups is 1. The maximum Gasteiger partial charge on any atom is 0.416 e. The summed E-state index contributed by atoms with van der Waals surface area (Å²) < 4.78 is 51.5. The van der Waals surface area contributed by atoms with E-state index < -0.39 is 40.2 Å². The van der Waals surface area contributed by atoms with Crippen molar-refractivity contribution >= 4 is 22.6 Å². The van der Waals surface area contributed by atoms with E-state index in [0.29, 0.717) is 6.07 Å². The molecule has 0 aliphatic rings. The number of carboxylic acids is 1. The van der Waals surface area contributed by atoms with Crippen molar-refractivity contribution in [2.75, 3.05) is 19.5 Å². The van der Waals surface area contributed by atoms with Crippen LogP contribution in [0.2, 0.25) is 0 Å². The van der Waals surface area contributed by atoms with Crippen LogP contribution in [0.25, 0.3) is 10.9 Å². The molecule has 1 atom stereocenters. The van der Waals surface area contributed by atoms with Crippen LogP contribution >= 0.6 is 0 Å². The van der Waals surface area contributed by atoms with Crippen molar-refractivity contribution in [1.82, 2.24) is 4.57 Å². The van der Waals surface area contributed by atoms with Crippen molar-refractivity contribution in [1.29, 1.82) is 0 Å². The zero-order valence-electron chi connectivity index (χ0n) is 19.4. The summed E-state index contributed by atoms with van der Waals surface area (Å²) in [5.74, 6) is -1.53. The highest BCUT2D eigenvalue weighted by molar-refractivity contribution is 5.93. The second-order valence-electron chi connectivity index (χ2n) is 9.02. The number of nitrogen functional groups attached to an aromatic ring is 1. The minimum absolute atomic E-state index is 0.0473. The Labute approximate surface area is 198 Å². The number of hydrogen-bond acceptors (Lipinski definition) is 6. The fourth-order valence-corrected chi connectivity index (χ4v) is 3.72. The van der Waals surface area contributed by atoms with Crippen molar-refractivity contribution in [2.45, 2.75) is 33.0 Å². The quantitative estimate of drug-likeness (QED) is 0.425. The van der Waals surface area contributed by atoms with Crippen molar-refractivity contribution in [3.63, 3.8) is 0 Å². The molecule has 4 N–H and O–H groups in total. The largest absolute Gasteiger partial charge is 0.493 e. The number of halogens is 3. The van der Waals surface area contributed by atoms with Gasteiger partial charge in [0.2, 0.25) is 5.43 Å². The van der Waals surface area contributed by atoms with Crippen LogP contribution in [0.15, 0.2) is 41.3 Å². The number of fused-ring (bicyclic) bond motifs is 1. The third-order valence-corrected chi connectivity index (χ3v) is 5.61. The van der Waals surface area contributed by atoms with Gasteiger partial charge < -0.3 is 30.0 Å². The average Bonchev–Trinajstić information content (AvgIpc) is 2.75. The number of aromatic carboxylic acids is 1. The molecule has 0 saturated carbocycles. The molecule has 0 fully saturated rings. The Hall–Kier alpha value is -3.73. The number of hydrogen-bond donors (Lipinski definition) is 3. The van der Waals surface area contributed by atoms with Gasteiger partial charge in [0.15, 0.2) is 17.2 Å². The first kappa shape index (κ1) is 25.9. The van der Waals surface area contributed by atoms with Crippen molar-refractivity contribution in [2.24, 2.45) is 5.41 Å². The Morgan fingerprint density at radius 3 is 2.26 bits per heavy atom. The molecule has 2 aromatic carbocycles. The topological polar surface area (TPSA) is 124 Å². The van der Waals surface area contributed by atoms with Crippen LogP contribution in [-0.4, -0.2) is 34.5 Å². The number of carboxylic acid groups (broad SMARTS) is 1. The minimum atomic E-state index is -4.60. The molecule has 1 aromatic heterocycles. The van der Waals surface area contributed by atoms with Gasteiger partial charge in [-0.05, 0) is 29.7 Å². The Morgan fingerprint density at radius 2 is 1.77 bits per heavy atom. The van der Waals surface area contributed by atoms with Gasteiger partial charge in [0, 0.05) is 12.3 Å². The third-order valence-electron chi connectivity index (χ3n) is 5.61. The number of ether oxygens (including phenoxy) is 2. The molecular formula is C24H25F3N2O6. The van der Waals surface area contributed by atoms with Gasteiger partial charge in [0.25, 0.3) is 0 Å². The molecule has 3 rings (SSSR count). The van der Waals surface area contributed by atoms with Crippen molar-refractivity contribution in [3.05, 3.63) is 57.9 Å². The molecule has 188 valence electrons. The highest BCUT2D eigenvalue weighted by atomic mass is 19.4. The number of nitrogens with two attached hydrogens (primary N) is 1. The van der Waals surface area contributed by atoms with Crippen LogP contribution in [0.1, 0.15) is 42.7 Å². The lowest BCUT2D eigenvalue weighted by atomic mass is 9.86. The van der Waals surface area contributed by atoms with E-state index in [1.807, 2.05) is 20.8 Å². The van der Waals surface area contributed by atoms with Crippen molar-refractivity contribution < 1.29 is 37.7 Å². The molecule has 1 heterocycles. The van der Waals surface area contributed by atoms with E-state index in [1.165, 1.54) is 30.0 Å². The fraction of sp³-hybridized carbons (Fsp3) is 0.333. The molecular weight excluding hydrogens is 469 g/mol. The number of nitrogens with zero attached hydrogens (tertiary/aromatic N) is 1. The SMILES string of the molecule is COc1cc2c(cc1Oc1ccc(C(F)(F)F)cc1N)c(=O)c(C(=O)O)cn2[C@H](CO)C(C)(C)C. The zero-order valence-corrected chi connectivity index (χ0v) is 19.4. The summed E-state index contributed by atoms with van der Waals surface area (Å²) in [6.07, 6.45) is -3.42. The number of carbonyl (C=O) groups is 1. The molecule has 0 saturated heterocycles. The summed E-state index contributed by atoms with van der Waals surface area (Å²) in [4.78, 5) is 24.8. The number of aromatic nitrogens is 1. The summed E-state index contributed by atoms with van der Waals surface area (Å²) in [6.45, 7) is 5.20. The number of benzene rings is 2. The molecule has 0 aliphatic carbocycles. The van der Waals surface area contributed by atoms with Crippen molar-refractivity contribution in [3.8, 4) is 17.2 Å². The van der Waals surface area contributed by atoms with E-state index in [4.69, 9.17) is 15.2 Å². The summed E-state index contributed by atoms with van der Waals surface area (Å²) in [5.41, 5.74) is 2.92. The number of anilines is 1. The van der Waals surface area contributed by atoms with Gasteiger partial charge in [-0.3, -0.25) is 4.79 Å². The van der Waals surface area contributed by atoms with Gasteiger partial charge in [-0.15, -0.1) is 0 Å². The number of methoxy groups -OCH3 is 1. The standard InChI is InChI=1S/C24H25F3N2O6/c1-23(2,3)20(11-30)29-10-14(22(32)33)21(31)13-8-19(18(34-4)9-16(13)29)35-17-6-5-12(7-15(17)28)24(25,26)27/h5-10,20,30H,11,28H2,1-4H3,(H,32,33)/t20-/m1/s1. The molecule has 0 unspecified atom stereocenters. The first-order valence-electron chi connectivity index (χ1n) is 10.4. The first-order chi connectivity index (χ1) is 16.2. The first-order valence-corrected chi connectivity index (χ1v) is 10.4. The zero-order chi connectivity index (χ0) is 26.3. The Balaban J connectivity index is 2.27. The number of rotatable bonds is 6. The van der Waals surface area contributed by atoms with Crippen LogP contribution < -0.4 is 20.6 Å². The predicted octanol–water partition coefficient (Wildman–Crippen LogP) is 4.68. The van der Waals surface area contributed by atoms with Crippen LogP contribution in [0.4, 0.5) is 18.9 Å². The molecule has 0 radical (unpaired) electrons. The van der Waals surface area contributed by atoms with E-state index in [1.54, 1.807) is 0 Å². The van der Waals surface area contributed by atoms with Gasteiger partial charge in [-0.25, -0.2) is 4.79 Å². The Morgan fingerprint density at radius 1 is 1.11 bits per heavy atom. The predicted molar refractivity (Wildman–Crippen MR) is 123 cm³/mol. The Bertz CT molecular complexity index is 1340. The van der Waals surface area contributed by atoms with E-state index in [0.717, 1.165) is 12.1 Å². The van der Waals surface area contributed by atoms with E-state index in [9.17, 15) is 33.0 Å². The van der Waals surface area contributed by atoms with Gasteiger partial charge in [-0.1, -0.05) is 20.8 Å². The lowest BCUT2D eigenvalue weighted by Crippen LogP contribution is -2.30. The van der Waals surface area contributed by atoms with E-state index in [-0.39, 0.29) is 40.4 Å². The number of pyridine rings is 1. The van der Waals surface area contributed by atoms with Crippen LogP contribution in [0.3, 0.4) is 0 Å². The molecule has 0 amide bonds. The van der Waals surface area contributed by atoms with E-state index >= 15 is 0 Å². The second kappa shape index (κ2) is 9.14. The average molecular weight is 494 g/mol. The molecule has 3 aromatic rings. The summed E-state index contributed by atoms with van der Waals surface area (Å²) in [5, 5.41) is 19.6. The third kappa shape index (κ3) is 5.04. The van der Waals surface area contributed by atoms with Gasteiger partial charge in [-0.2, -0.15) is 13.2 Å². The highest BCUT2D eigenvalue weighted by Crippen LogP contribution is 2.40. The normalized spacial score (nSPS) is 13.0. The second-order valence-corrected chi connectivity index (χ2v) is 9.02. The van der Waals surface area contributed by atoms with Crippen LogP contribution in [-0.2, 0) is 6.18 Å². The molecule has 0 spiro atoms. The molecule has 0 bridgehead atoms. The monoisotopic (exact) mass is 494 g/mol. The molecule has 11 heteroatoms. The van der Waals surface area contributed by atoms with Gasteiger partial charge in [0.05, 0.1) is 41.9 Å². The van der Waals surface area contributed by atoms with Gasteiger partial charge in [0.1, 0.15) is 5.56 Å². The summed E-state index contributed by atoms with van der Waals surface area (Å²) in [6, 6.07) is 4.62. The smallest absolute Gasteiger partial charge is 0.416 e. The minimum Gasteiger partial charge on any atom is -0.493 e. The molecule has 35 heavy (non-hydrogen) atoms. The molecule has 8 nitrogen and oxygen atoms in total. The highest BCUT2D eigenvalue weighted by Gasteiger charge is 2.31. The maximum atomic E-state index is 13.0. The molecule has 0 aliphatic heterocycles. The summed E-state index contributed by atoms with van der Waals surface area (Å²) >= 11 is 0. The fourth-order valence-electron chi connectivity index (χ4n) is 3.72. The van der Waals surface area contributed by atoms with Crippen LogP contribution in [0, 0.1) is 5.41 Å². The number of alkyl halides is 3. The lowest BCUT2D eigenvalue weighted by molar-refractivity contribution is -0.137. The van der Waals surface area contributed by atoms with Crippen LogP contribution in [0.5, 0.6) is 17.2 Å². The lowest BCUT2D eigenvalue weighted by Gasteiger charge is -2.33. The number of aliphatic hydroxyl groups excluding tert-OH is 1. The van der Waals surface area contributed by atoms with E-state index in [2.05, 4.69) is 0 Å². The van der Waals surface area contributed by atoms with Gasteiger partial charge >= 0.3 is 12.1 Å². The maximum absolute atomic E-state index is 13.0. The Kier molecular flexibility index (Phi) is 6.76. The summed E-state index contributed by atoms with van der Waals surface area (Å²) in [7, 11) is 1.32.